The van der Waals surface area contributed by atoms with Crippen molar-refractivity contribution in [3.8, 4) is 17.5 Å². The SMILES string of the molecule is CC(=O)NCc1ccc(-c2csc(NC(=O)c3cccc(C#N)c3)n2)o1. The standard InChI is InChI=1S/C18H14N4O3S/c1-11(23)20-9-14-5-6-16(25-14)15-10-26-18(21-15)22-17(24)13-4-2-3-12(7-13)8-19/h2-7,10H,9H2,1H3,(H,20,23)(H,21,22,24). The molecule has 0 spiro atoms. The minimum atomic E-state index is -0.339. The largest absolute Gasteiger partial charge is 0.458 e. The third-order valence-corrected chi connectivity index (χ3v) is 4.16. The number of thiazole rings is 1. The summed E-state index contributed by atoms with van der Waals surface area (Å²) in [4.78, 5) is 27.5. The first kappa shape index (κ1) is 17.4. The second-order valence-electron chi connectivity index (χ2n) is 5.36. The third kappa shape index (κ3) is 4.15. The number of furan rings is 1. The van der Waals surface area contributed by atoms with E-state index in [1.807, 2.05) is 6.07 Å². The first-order valence-electron chi connectivity index (χ1n) is 7.65. The number of anilines is 1. The third-order valence-electron chi connectivity index (χ3n) is 3.40. The lowest BCUT2D eigenvalue weighted by atomic mass is 10.1. The van der Waals surface area contributed by atoms with Crippen LogP contribution in [0.4, 0.5) is 5.13 Å². The Hall–Kier alpha value is -3.44. The van der Waals surface area contributed by atoms with Gasteiger partial charge in [0.15, 0.2) is 10.9 Å². The van der Waals surface area contributed by atoms with Crippen LogP contribution in [0.3, 0.4) is 0 Å². The highest BCUT2D eigenvalue weighted by Gasteiger charge is 2.13. The van der Waals surface area contributed by atoms with Crippen molar-refractivity contribution in [1.82, 2.24) is 10.3 Å². The molecule has 7 nitrogen and oxygen atoms in total. The Kier molecular flexibility index (Phi) is 5.10. The summed E-state index contributed by atoms with van der Waals surface area (Å²) in [5.74, 6) is 0.687. The quantitative estimate of drug-likeness (QED) is 0.721. The summed E-state index contributed by atoms with van der Waals surface area (Å²) < 4.78 is 5.63. The fourth-order valence-corrected chi connectivity index (χ4v) is 2.86. The van der Waals surface area contributed by atoms with E-state index in [1.54, 1.807) is 35.7 Å². The molecule has 0 unspecified atom stereocenters. The molecular weight excluding hydrogens is 352 g/mol. The monoisotopic (exact) mass is 366 g/mol. The highest BCUT2D eigenvalue weighted by atomic mass is 32.1. The lowest BCUT2D eigenvalue weighted by Gasteiger charge is -2.01. The maximum atomic E-state index is 12.3. The molecule has 8 heteroatoms. The van der Waals surface area contributed by atoms with E-state index in [1.165, 1.54) is 24.3 Å². The number of nitrogens with zero attached hydrogens (tertiary/aromatic N) is 2. The van der Waals surface area contributed by atoms with Crippen LogP contribution >= 0.6 is 11.3 Å². The van der Waals surface area contributed by atoms with Crippen molar-refractivity contribution in [1.29, 1.82) is 5.26 Å². The number of nitriles is 1. The van der Waals surface area contributed by atoms with Crippen LogP contribution in [0, 0.1) is 11.3 Å². The molecule has 2 N–H and O–H groups in total. The average molecular weight is 366 g/mol. The maximum absolute atomic E-state index is 12.3. The second kappa shape index (κ2) is 7.63. The molecule has 0 bridgehead atoms. The van der Waals surface area contributed by atoms with E-state index in [2.05, 4.69) is 15.6 Å². The van der Waals surface area contributed by atoms with Crippen molar-refractivity contribution in [2.45, 2.75) is 13.5 Å². The molecule has 0 saturated carbocycles. The van der Waals surface area contributed by atoms with E-state index in [-0.39, 0.29) is 11.8 Å². The number of hydrogen-bond acceptors (Lipinski definition) is 6. The van der Waals surface area contributed by atoms with Crippen LogP contribution in [-0.4, -0.2) is 16.8 Å². The Labute approximate surface area is 153 Å². The molecule has 0 aliphatic heterocycles. The molecule has 0 atom stereocenters. The summed E-state index contributed by atoms with van der Waals surface area (Å²) in [6.07, 6.45) is 0. The summed E-state index contributed by atoms with van der Waals surface area (Å²) in [6, 6.07) is 12.0. The van der Waals surface area contributed by atoms with Crippen molar-refractivity contribution in [2.75, 3.05) is 5.32 Å². The van der Waals surface area contributed by atoms with Gasteiger partial charge in [-0.05, 0) is 30.3 Å². The summed E-state index contributed by atoms with van der Waals surface area (Å²) >= 11 is 1.27. The minimum Gasteiger partial charge on any atom is -0.458 e. The molecule has 130 valence electrons. The highest BCUT2D eigenvalue weighted by Crippen LogP contribution is 2.27. The van der Waals surface area contributed by atoms with Gasteiger partial charge in [-0.1, -0.05) is 6.07 Å². The lowest BCUT2D eigenvalue weighted by Crippen LogP contribution is -2.18. The van der Waals surface area contributed by atoms with Gasteiger partial charge in [-0.15, -0.1) is 11.3 Å². The highest BCUT2D eigenvalue weighted by molar-refractivity contribution is 7.14. The average Bonchev–Trinajstić information content (AvgIpc) is 3.29. The molecule has 2 amide bonds. The van der Waals surface area contributed by atoms with Crippen LogP contribution in [0.1, 0.15) is 28.6 Å². The molecule has 0 saturated heterocycles. The van der Waals surface area contributed by atoms with Gasteiger partial charge in [0.25, 0.3) is 5.91 Å². The van der Waals surface area contributed by atoms with Crippen molar-refractivity contribution < 1.29 is 14.0 Å². The fourth-order valence-electron chi connectivity index (χ4n) is 2.17. The van der Waals surface area contributed by atoms with Crippen molar-refractivity contribution in [2.24, 2.45) is 0 Å². The van der Waals surface area contributed by atoms with Crippen LogP contribution < -0.4 is 10.6 Å². The maximum Gasteiger partial charge on any atom is 0.257 e. The minimum absolute atomic E-state index is 0.137. The van der Waals surface area contributed by atoms with Crippen molar-refractivity contribution in [3.63, 3.8) is 0 Å². The van der Waals surface area contributed by atoms with Crippen LogP contribution in [0.15, 0.2) is 46.2 Å². The van der Waals surface area contributed by atoms with Gasteiger partial charge < -0.3 is 9.73 Å². The zero-order chi connectivity index (χ0) is 18.5. The van der Waals surface area contributed by atoms with E-state index in [9.17, 15) is 9.59 Å². The van der Waals surface area contributed by atoms with E-state index in [0.717, 1.165) is 0 Å². The van der Waals surface area contributed by atoms with Gasteiger partial charge in [0.05, 0.1) is 18.2 Å². The van der Waals surface area contributed by atoms with Gasteiger partial charge in [0.2, 0.25) is 5.91 Å². The molecule has 0 radical (unpaired) electrons. The predicted molar refractivity (Wildman–Crippen MR) is 96.4 cm³/mol. The molecule has 0 aliphatic carbocycles. The number of benzene rings is 1. The number of rotatable bonds is 5. The number of amides is 2. The van der Waals surface area contributed by atoms with Gasteiger partial charge in [-0.3, -0.25) is 14.9 Å². The Morgan fingerprint density at radius 2 is 2.15 bits per heavy atom. The summed E-state index contributed by atoms with van der Waals surface area (Å²) in [6.45, 7) is 1.74. The van der Waals surface area contributed by atoms with Crippen LogP contribution in [0.25, 0.3) is 11.5 Å². The predicted octanol–water partition coefficient (Wildman–Crippen LogP) is 3.16. The van der Waals surface area contributed by atoms with Gasteiger partial charge in [0, 0.05) is 17.9 Å². The topological polar surface area (TPSA) is 108 Å². The number of carbonyl (C=O) groups is 2. The van der Waals surface area contributed by atoms with Crippen LogP contribution in [0.2, 0.25) is 0 Å². The van der Waals surface area contributed by atoms with Gasteiger partial charge in [-0.2, -0.15) is 5.26 Å². The molecule has 3 rings (SSSR count). The molecule has 0 fully saturated rings. The molecule has 2 aromatic heterocycles. The number of hydrogen-bond donors (Lipinski definition) is 2. The summed E-state index contributed by atoms with van der Waals surface area (Å²) in [5, 5.41) is 16.5. The Balaban J connectivity index is 1.69. The van der Waals surface area contributed by atoms with E-state index < -0.39 is 0 Å². The number of carbonyl (C=O) groups excluding carboxylic acids is 2. The first-order valence-corrected chi connectivity index (χ1v) is 8.53. The van der Waals surface area contributed by atoms with Crippen molar-refractivity contribution >= 4 is 28.3 Å². The van der Waals surface area contributed by atoms with E-state index in [0.29, 0.717) is 40.0 Å². The second-order valence-corrected chi connectivity index (χ2v) is 6.22. The smallest absolute Gasteiger partial charge is 0.257 e. The normalized spacial score (nSPS) is 10.2. The Morgan fingerprint density at radius 1 is 1.31 bits per heavy atom. The van der Waals surface area contributed by atoms with Gasteiger partial charge in [0.1, 0.15) is 11.5 Å². The molecule has 0 aliphatic rings. The zero-order valence-corrected chi connectivity index (χ0v) is 14.6. The van der Waals surface area contributed by atoms with Gasteiger partial charge in [-0.25, -0.2) is 4.98 Å². The van der Waals surface area contributed by atoms with E-state index in [4.69, 9.17) is 9.68 Å². The lowest BCUT2D eigenvalue weighted by molar-refractivity contribution is -0.119. The van der Waals surface area contributed by atoms with Crippen molar-refractivity contribution in [3.05, 3.63) is 58.7 Å². The fraction of sp³-hybridized carbons (Fsp3) is 0.111. The Bertz CT molecular complexity index is 1000. The summed E-state index contributed by atoms with van der Waals surface area (Å²) in [5.41, 5.74) is 1.39. The summed E-state index contributed by atoms with van der Waals surface area (Å²) in [7, 11) is 0. The number of aromatic nitrogens is 1. The van der Waals surface area contributed by atoms with Crippen LogP contribution in [0.5, 0.6) is 0 Å². The molecule has 26 heavy (non-hydrogen) atoms. The molecule has 3 aromatic rings. The molecule has 1 aromatic carbocycles. The molecule has 2 heterocycles. The van der Waals surface area contributed by atoms with E-state index >= 15 is 0 Å². The number of nitrogens with one attached hydrogen (secondary N) is 2. The zero-order valence-electron chi connectivity index (χ0n) is 13.8. The van der Waals surface area contributed by atoms with Gasteiger partial charge >= 0.3 is 0 Å². The Morgan fingerprint density at radius 3 is 2.92 bits per heavy atom. The molecular formula is C18H14N4O3S. The van der Waals surface area contributed by atoms with Crippen LogP contribution in [-0.2, 0) is 11.3 Å². The first-order chi connectivity index (χ1) is 12.5.